The SMILES string of the molecule is CN(Cc1ccccc1Cl)C(=O)[C@@]12CCCC[C@H]1CNC2. The van der Waals surface area contributed by atoms with Crippen molar-refractivity contribution < 1.29 is 4.79 Å². The van der Waals surface area contributed by atoms with Crippen LogP contribution in [-0.4, -0.2) is 30.9 Å². The lowest BCUT2D eigenvalue weighted by molar-refractivity contribution is -0.144. The van der Waals surface area contributed by atoms with Gasteiger partial charge in [-0.25, -0.2) is 0 Å². The molecule has 4 heteroatoms. The third-order valence-corrected chi connectivity index (χ3v) is 5.54. The molecule has 0 unspecified atom stereocenters. The number of benzene rings is 1. The molecule has 1 saturated carbocycles. The van der Waals surface area contributed by atoms with Gasteiger partial charge in [-0.15, -0.1) is 0 Å². The van der Waals surface area contributed by atoms with E-state index in [4.69, 9.17) is 11.6 Å². The molecule has 3 rings (SSSR count). The summed E-state index contributed by atoms with van der Waals surface area (Å²) in [5.41, 5.74) is 0.846. The molecule has 1 aromatic carbocycles. The van der Waals surface area contributed by atoms with Gasteiger partial charge < -0.3 is 10.2 Å². The van der Waals surface area contributed by atoms with Crippen LogP contribution in [0.15, 0.2) is 24.3 Å². The molecule has 0 bridgehead atoms. The maximum Gasteiger partial charge on any atom is 0.230 e. The van der Waals surface area contributed by atoms with E-state index < -0.39 is 0 Å². The lowest BCUT2D eigenvalue weighted by atomic mass is 9.67. The molecule has 2 aliphatic rings. The molecule has 1 aliphatic carbocycles. The summed E-state index contributed by atoms with van der Waals surface area (Å²) in [5, 5.41) is 4.18. The largest absolute Gasteiger partial charge is 0.341 e. The molecule has 0 spiro atoms. The summed E-state index contributed by atoms with van der Waals surface area (Å²) in [4.78, 5) is 14.9. The van der Waals surface area contributed by atoms with Gasteiger partial charge in [-0.05, 0) is 36.9 Å². The number of carbonyl (C=O) groups excluding carboxylic acids is 1. The average Bonchev–Trinajstić information content (AvgIpc) is 2.93. The van der Waals surface area contributed by atoms with Gasteiger partial charge in [-0.2, -0.15) is 0 Å². The second-order valence-corrected chi connectivity index (χ2v) is 6.89. The van der Waals surface area contributed by atoms with Crippen molar-refractivity contribution in [3.8, 4) is 0 Å². The molecule has 0 radical (unpaired) electrons. The van der Waals surface area contributed by atoms with Crippen LogP contribution in [0.25, 0.3) is 0 Å². The molecule has 1 aromatic rings. The molecule has 2 atom stereocenters. The van der Waals surface area contributed by atoms with Crippen molar-refractivity contribution in [3.63, 3.8) is 0 Å². The summed E-state index contributed by atoms with van der Waals surface area (Å²) in [6.45, 7) is 2.42. The Morgan fingerprint density at radius 1 is 1.43 bits per heavy atom. The van der Waals surface area contributed by atoms with Crippen LogP contribution in [0.1, 0.15) is 31.2 Å². The number of hydrogen-bond donors (Lipinski definition) is 1. The highest BCUT2D eigenvalue weighted by atomic mass is 35.5. The van der Waals surface area contributed by atoms with Crippen molar-refractivity contribution in [2.45, 2.75) is 32.2 Å². The third-order valence-electron chi connectivity index (χ3n) is 5.18. The normalized spacial score (nSPS) is 28.2. The highest BCUT2D eigenvalue weighted by molar-refractivity contribution is 6.31. The molecular formula is C17H23ClN2O. The number of hydrogen-bond acceptors (Lipinski definition) is 2. The van der Waals surface area contributed by atoms with E-state index in [1.165, 1.54) is 19.3 Å². The van der Waals surface area contributed by atoms with Gasteiger partial charge in [0.25, 0.3) is 0 Å². The van der Waals surface area contributed by atoms with E-state index in [1.54, 1.807) is 0 Å². The molecule has 2 fully saturated rings. The number of halogens is 1. The maximum absolute atomic E-state index is 13.1. The Bertz CT molecular complexity index is 533. The van der Waals surface area contributed by atoms with Gasteiger partial charge in [0, 0.05) is 25.2 Å². The van der Waals surface area contributed by atoms with Crippen molar-refractivity contribution in [1.82, 2.24) is 10.2 Å². The van der Waals surface area contributed by atoms with Crippen LogP contribution in [0.2, 0.25) is 5.02 Å². The number of amides is 1. The quantitative estimate of drug-likeness (QED) is 0.931. The highest BCUT2D eigenvalue weighted by Crippen LogP contribution is 2.45. The van der Waals surface area contributed by atoms with Crippen LogP contribution in [0.3, 0.4) is 0 Å². The van der Waals surface area contributed by atoms with Gasteiger partial charge in [0.2, 0.25) is 5.91 Å². The lowest BCUT2D eigenvalue weighted by Crippen LogP contribution is -2.48. The number of rotatable bonds is 3. The standard InChI is InChI=1S/C17H23ClN2O/c1-20(11-13-6-2-3-8-15(13)18)16(21)17-9-5-4-7-14(17)10-19-12-17/h2-3,6,8,14,19H,4-5,7,9-12H2,1H3/t14-,17+/m0/s1. The predicted molar refractivity (Wildman–Crippen MR) is 85.2 cm³/mol. The van der Waals surface area contributed by atoms with E-state index in [1.807, 2.05) is 36.2 Å². The maximum atomic E-state index is 13.1. The zero-order chi connectivity index (χ0) is 14.9. The zero-order valence-corrected chi connectivity index (χ0v) is 13.3. The number of carbonyl (C=O) groups is 1. The van der Waals surface area contributed by atoms with E-state index in [0.29, 0.717) is 12.5 Å². The highest BCUT2D eigenvalue weighted by Gasteiger charge is 2.50. The van der Waals surface area contributed by atoms with E-state index in [0.717, 1.165) is 30.1 Å². The first-order valence-electron chi connectivity index (χ1n) is 7.83. The summed E-state index contributed by atoms with van der Waals surface area (Å²) in [6.07, 6.45) is 4.63. The summed E-state index contributed by atoms with van der Waals surface area (Å²) in [6, 6.07) is 7.77. The van der Waals surface area contributed by atoms with Crippen LogP contribution in [-0.2, 0) is 11.3 Å². The summed E-state index contributed by atoms with van der Waals surface area (Å²) < 4.78 is 0. The Kier molecular flexibility index (Phi) is 4.23. The van der Waals surface area contributed by atoms with Crippen LogP contribution < -0.4 is 5.32 Å². The van der Waals surface area contributed by atoms with Gasteiger partial charge in [0.1, 0.15) is 0 Å². The Balaban J connectivity index is 1.76. The van der Waals surface area contributed by atoms with E-state index in [-0.39, 0.29) is 11.3 Å². The average molecular weight is 307 g/mol. The molecule has 21 heavy (non-hydrogen) atoms. The van der Waals surface area contributed by atoms with E-state index in [2.05, 4.69) is 5.32 Å². The van der Waals surface area contributed by atoms with Gasteiger partial charge in [-0.3, -0.25) is 4.79 Å². The van der Waals surface area contributed by atoms with Crippen molar-refractivity contribution in [1.29, 1.82) is 0 Å². The van der Waals surface area contributed by atoms with Gasteiger partial charge >= 0.3 is 0 Å². The molecule has 114 valence electrons. The second-order valence-electron chi connectivity index (χ2n) is 6.48. The molecular weight excluding hydrogens is 284 g/mol. The minimum Gasteiger partial charge on any atom is -0.341 e. The fourth-order valence-electron chi connectivity index (χ4n) is 4.00. The number of nitrogens with one attached hydrogen (secondary N) is 1. The third kappa shape index (κ3) is 2.69. The van der Waals surface area contributed by atoms with Crippen LogP contribution in [0, 0.1) is 11.3 Å². The summed E-state index contributed by atoms with van der Waals surface area (Å²) in [7, 11) is 1.91. The first kappa shape index (κ1) is 14.9. The van der Waals surface area contributed by atoms with E-state index >= 15 is 0 Å². The molecule has 1 heterocycles. The Labute approximate surface area is 131 Å². The topological polar surface area (TPSA) is 32.3 Å². The monoisotopic (exact) mass is 306 g/mol. The summed E-state index contributed by atoms with van der Waals surface area (Å²) in [5.74, 6) is 0.796. The van der Waals surface area contributed by atoms with Gasteiger partial charge in [-0.1, -0.05) is 42.6 Å². The molecule has 1 saturated heterocycles. The number of nitrogens with zero attached hydrogens (tertiary/aromatic N) is 1. The molecule has 1 amide bonds. The van der Waals surface area contributed by atoms with Crippen molar-refractivity contribution >= 4 is 17.5 Å². The first-order chi connectivity index (χ1) is 10.1. The van der Waals surface area contributed by atoms with Crippen molar-refractivity contribution in [2.75, 3.05) is 20.1 Å². The minimum absolute atomic E-state index is 0.172. The molecule has 3 nitrogen and oxygen atoms in total. The van der Waals surface area contributed by atoms with Gasteiger partial charge in [0.15, 0.2) is 0 Å². The van der Waals surface area contributed by atoms with Crippen LogP contribution >= 0.6 is 11.6 Å². The second kappa shape index (κ2) is 5.98. The Morgan fingerprint density at radius 2 is 2.24 bits per heavy atom. The Morgan fingerprint density at radius 3 is 3.05 bits per heavy atom. The Hall–Kier alpha value is -1.06. The predicted octanol–water partition coefficient (Wildman–Crippen LogP) is 3.08. The van der Waals surface area contributed by atoms with Crippen LogP contribution in [0.4, 0.5) is 0 Å². The van der Waals surface area contributed by atoms with Crippen LogP contribution in [0.5, 0.6) is 0 Å². The lowest BCUT2D eigenvalue weighted by Gasteiger charge is -2.39. The minimum atomic E-state index is -0.172. The fourth-order valence-corrected chi connectivity index (χ4v) is 4.20. The fraction of sp³-hybridized carbons (Fsp3) is 0.588. The molecule has 1 N–H and O–H groups in total. The van der Waals surface area contributed by atoms with Gasteiger partial charge in [0.05, 0.1) is 5.41 Å². The first-order valence-corrected chi connectivity index (χ1v) is 8.21. The summed E-state index contributed by atoms with van der Waals surface area (Å²) >= 11 is 6.22. The smallest absolute Gasteiger partial charge is 0.230 e. The van der Waals surface area contributed by atoms with Crippen molar-refractivity contribution in [3.05, 3.63) is 34.9 Å². The number of fused-ring (bicyclic) bond motifs is 1. The molecule has 0 aromatic heterocycles. The van der Waals surface area contributed by atoms with E-state index in [9.17, 15) is 4.79 Å². The zero-order valence-electron chi connectivity index (χ0n) is 12.6. The van der Waals surface area contributed by atoms with Crippen molar-refractivity contribution in [2.24, 2.45) is 11.3 Å². The molecule has 1 aliphatic heterocycles.